The van der Waals surface area contributed by atoms with E-state index in [1.807, 2.05) is 26.0 Å². The van der Waals surface area contributed by atoms with E-state index in [4.69, 9.17) is 5.11 Å². The molecule has 0 bridgehead atoms. The highest BCUT2D eigenvalue weighted by Gasteiger charge is 2.11. The molecule has 0 aromatic rings. The SMILES string of the molecule is C=CC(C)CCCC(C)(C)O.CC(C)=CCC/C(C)=C/CO. The van der Waals surface area contributed by atoms with Crippen LogP contribution in [0.3, 0.4) is 0 Å². The zero-order valence-corrected chi connectivity index (χ0v) is 15.7. The van der Waals surface area contributed by atoms with Gasteiger partial charge in [-0.25, -0.2) is 0 Å². The fourth-order valence-corrected chi connectivity index (χ4v) is 1.82. The van der Waals surface area contributed by atoms with Crippen LogP contribution in [0.25, 0.3) is 0 Å². The zero-order valence-electron chi connectivity index (χ0n) is 15.7. The van der Waals surface area contributed by atoms with Gasteiger partial charge in [0.25, 0.3) is 0 Å². The Balaban J connectivity index is 0. The van der Waals surface area contributed by atoms with Crippen LogP contribution in [0.4, 0.5) is 0 Å². The van der Waals surface area contributed by atoms with E-state index in [1.165, 1.54) is 11.1 Å². The molecule has 0 aromatic heterocycles. The lowest BCUT2D eigenvalue weighted by atomic mass is 9.97. The minimum Gasteiger partial charge on any atom is -0.392 e. The summed E-state index contributed by atoms with van der Waals surface area (Å²) in [5.74, 6) is 0.581. The molecule has 0 spiro atoms. The normalized spacial score (nSPS) is 13.0. The van der Waals surface area contributed by atoms with Crippen molar-refractivity contribution in [2.24, 2.45) is 5.92 Å². The molecule has 1 unspecified atom stereocenters. The maximum atomic E-state index is 9.38. The molecule has 2 N–H and O–H groups in total. The molecule has 0 radical (unpaired) electrons. The van der Waals surface area contributed by atoms with Crippen molar-refractivity contribution in [1.29, 1.82) is 0 Å². The van der Waals surface area contributed by atoms with E-state index in [-0.39, 0.29) is 6.61 Å². The van der Waals surface area contributed by atoms with Gasteiger partial charge in [0.2, 0.25) is 0 Å². The second-order valence-electron chi connectivity index (χ2n) is 6.97. The quantitative estimate of drug-likeness (QED) is 0.558. The first-order valence-corrected chi connectivity index (χ1v) is 8.37. The third-order valence-electron chi connectivity index (χ3n) is 3.38. The molecule has 1 atom stereocenters. The largest absolute Gasteiger partial charge is 0.392 e. The lowest BCUT2D eigenvalue weighted by Gasteiger charge is -2.17. The van der Waals surface area contributed by atoms with Crippen molar-refractivity contribution in [3.63, 3.8) is 0 Å². The third kappa shape index (κ3) is 21.4. The van der Waals surface area contributed by atoms with Crippen LogP contribution in [0.5, 0.6) is 0 Å². The number of aliphatic hydroxyl groups is 2. The van der Waals surface area contributed by atoms with Gasteiger partial charge in [0.15, 0.2) is 0 Å². The molecule has 130 valence electrons. The average molecular weight is 311 g/mol. The van der Waals surface area contributed by atoms with E-state index in [9.17, 15) is 5.11 Å². The molecule has 0 fully saturated rings. The number of hydrogen-bond donors (Lipinski definition) is 2. The summed E-state index contributed by atoms with van der Waals surface area (Å²) < 4.78 is 0. The molecule has 0 aromatic carbocycles. The number of aliphatic hydroxyl groups excluding tert-OH is 1. The number of allylic oxidation sites excluding steroid dienone is 4. The lowest BCUT2D eigenvalue weighted by Crippen LogP contribution is -2.18. The van der Waals surface area contributed by atoms with E-state index in [0.717, 1.165) is 32.1 Å². The standard InChI is InChI=1S/C10H18O.C10H20O/c1-9(2)5-4-6-10(3)7-8-11;1-5-9(2)7-6-8-10(3,4)11/h5,7,11H,4,6,8H2,1-3H3;5,9,11H,1,6-8H2,2-4H3/b10-7+;. The minimum absolute atomic E-state index is 0.167. The molecule has 0 rings (SSSR count). The van der Waals surface area contributed by atoms with Gasteiger partial charge < -0.3 is 10.2 Å². The maximum absolute atomic E-state index is 9.38. The van der Waals surface area contributed by atoms with Gasteiger partial charge in [-0.15, -0.1) is 6.58 Å². The Bertz CT molecular complexity index is 328. The summed E-state index contributed by atoms with van der Waals surface area (Å²) in [7, 11) is 0. The summed E-state index contributed by atoms with van der Waals surface area (Å²) in [6.07, 6.45) is 11.3. The van der Waals surface area contributed by atoms with Crippen LogP contribution >= 0.6 is 0 Å². The molecule has 0 aliphatic heterocycles. The van der Waals surface area contributed by atoms with Crippen LogP contribution in [0, 0.1) is 5.92 Å². The maximum Gasteiger partial charge on any atom is 0.0614 e. The molecule has 0 amide bonds. The molecule has 22 heavy (non-hydrogen) atoms. The first kappa shape index (κ1) is 23.4. The Morgan fingerprint density at radius 2 is 1.77 bits per heavy atom. The zero-order chi connectivity index (χ0) is 17.6. The summed E-state index contributed by atoms with van der Waals surface area (Å²) in [6.45, 7) is 16.0. The van der Waals surface area contributed by atoms with Crippen molar-refractivity contribution >= 4 is 0 Å². The minimum atomic E-state index is -0.499. The van der Waals surface area contributed by atoms with Crippen LogP contribution in [0.2, 0.25) is 0 Å². The predicted molar refractivity (Wildman–Crippen MR) is 99.0 cm³/mol. The Kier molecular flexibility index (Phi) is 14.7. The van der Waals surface area contributed by atoms with Crippen molar-refractivity contribution in [3.05, 3.63) is 36.0 Å². The van der Waals surface area contributed by atoms with E-state index in [2.05, 4.69) is 40.3 Å². The monoisotopic (exact) mass is 310 g/mol. The predicted octanol–water partition coefficient (Wildman–Crippen LogP) is 5.42. The molecule has 0 heterocycles. The number of hydrogen-bond acceptors (Lipinski definition) is 2. The fraction of sp³-hybridized carbons (Fsp3) is 0.700. The second kappa shape index (κ2) is 13.8. The van der Waals surface area contributed by atoms with Gasteiger partial charge >= 0.3 is 0 Å². The van der Waals surface area contributed by atoms with Gasteiger partial charge in [0, 0.05) is 0 Å². The lowest BCUT2D eigenvalue weighted by molar-refractivity contribution is 0.0675. The average Bonchev–Trinajstić information content (AvgIpc) is 2.37. The molecular formula is C20H38O2. The van der Waals surface area contributed by atoms with Gasteiger partial charge in [-0.05, 0) is 66.2 Å². The summed E-state index contributed by atoms with van der Waals surface area (Å²) in [6, 6.07) is 0. The van der Waals surface area contributed by atoms with Crippen molar-refractivity contribution in [2.75, 3.05) is 6.61 Å². The summed E-state index contributed by atoms with van der Waals surface area (Å²) >= 11 is 0. The van der Waals surface area contributed by atoms with Gasteiger partial charge in [-0.2, -0.15) is 0 Å². The summed E-state index contributed by atoms with van der Waals surface area (Å²) in [5, 5.41) is 17.9. The van der Waals surface area contributed by atoms with E-state index in [1.54, 1.807) is 0 Å². The topological polar surface area (TPSA) is 40.5 Å². The van der Waals surface area contributed by atoms with Crippen LogP contribution in [-0.2, 0) is 0 Å². The molecule has 2 nitrogen and oxygen atoms in total. The van der Waals surface area contributed by atoms with Gasteiger partial charge in [-0.1, -0.05) is 42.7 Å². The molecular weight excluding hydrogens is 272 g/mol. The highest BCUT2D eigenvalue weighted by atomic mass is 16.3. The highest BCUT2D eigenvalue weighted by Crippen LogP contribution is 2.15. The Hall–Kier alpha value is -0.860. The van der Waals surface area contributed by atoms with Gasteiger partial charge in [0.05, 0.1) is 12.2 Å². The van der Waals surface area contributed by atoms with Crippen molar-refractivity contribution in [2.45, 2.75) is 79.2 Å². The van der Waals surface area contributed by atoms with Crippen molar-refractivity contribution < 1.29 is 10.2 Å². The third-order valence-corrected chi connectivity index (χ3v) is 3.38. The fourth-order valence-electron chi connectivity index (χ4n) is 1.82. The molecule has 0 aliphatic rings. The van der Waals surface area contributed by atoms with E-state index < -0.39 is 5.60 Å². The first-order chi connectivity index (χ1) is 10.1. The second-order valence-corrected chi connectivity index (χ2v) is 6.97. The van der Waals surface area contributed by atoms with E-state index in [0.29, 0.717) is 5.92 Å². The molecule has 0 saturated carbocycles. The Morgan fingerprint density at radius 1 is 1.18 bits per heavy atom. The Labute approximate surface area is 138 Å². The van der Waals surface area contributed by atoms with Crippen molar-refractivity contribution in [1.82, 2.24) is 0 Å². The number of rotatable bonds is 9. The van der Waals surface area contributed by atoms with Crippen LogP contribution in [0.1, 0.15) is 73.6 Å². The summed E-state index contributed by atoms with van der Waals surface area (Å²) in [5.41, 5.74) is 2.13. The molecule has 0 saturated heterocycles. The van der Waals surface area contributed by atoms with Gasteiger partial charge in [0.1, 0.15) is 0 Å². The molecule has 2 heteroatoms. The van der Waals surface area contributed by atoms with Gasteiger partial charge in [-0.3, -0.25) is 0 Å². The summed E-state index contributed by atoms with van der Waals surface area (Å²) in [4.78, 5) is 0. The van der Waals surface area contributed by atoms with Crippen molar-refractivity contribution in [3.8, 4) is 0 Å². The smallest absolute Gasteiger partial charge is 0.0614 e. The first-order valence-electron chi connectivity index (χ1n) is 8.37. The van der Waals surface area contributed by atoms with Crippen LogP contribution in [0.15, 0.2) is 36.0 Å². The Morgan fingerprint density at radius 3 is 2.18 bits per heavy atom. The van der Waals surface area contributed by atoms with Crippen LogP contribution in [-0.4, -0.2) is 22.4 Å². The molecule has 0 aliphatic carbocycles. The highest BCUT2D eigenvalue weighted by molar-refractivity contribution is 5.01. The van der Waals surface area contributed by atoms with E-state index >= 15 is 0 Å². The van der Waals surface area contributed by atoms with Crippen LogP contribution < -0.4 is 0 Å².